The predicted octanol–water partition coefficient (Wildman–Crippen LogP) is 9.45. The Morgan fingerprint density at radius 2 is 0.830 bits per heavy atom. The highest BCUT2D eigenvalue weighted by Crippen LogP contribution is 2.41. The smallest absolute Gasteiger partial charge is 0.306 e. The predicted molar refractivity (Wildman–Crippen MR) is 196 cm³/mol. The molecule has 7 heteroatoms. The van der Waals surface area contributed by atoms with Crippen LogP contribution in [0.1, 0.15) is 142 Å². The van der Waals surface area contributed by atoms with Crippen LogP contribution in [-0.4, -0.2) is 46.9 Å². The van der Waals surface area contributed by atoms with Crippen LogP contribution in [0.2, 0.25) is 0 Å². The minimum atomic E-state index is -0.207. The van der Waals surface area contributed by atoms with Crippen molar-refractivity contribution in [2.75, 3.05) is 24.7 Å². The van der Waals surface area contributed by atoms with Crippen LogP contribution in [0.4, 0.5) is 0 Å². The van der Waals surface area contributed by atoms with Crippen molar-refractivity contribution >= 4 is 23.7 Å². The van der Waals surface area contributed by atoms with E-state index in [1.807, 2.05) is 24.3 Å². The zero-order valence-electron chi connectivity index (χ0n) is 31.3. The number of phenolic OH excluding ortho intramolecular Hbond substituents is 2. The molecule has 0 aliphatic rings. The Labute approximate surface area is 289 Å². The molecule has 0 unspecified atom stereocenters. The highest BCUT2D eigenvalue weighted by atomic mass is 32.2. The molecule has 2 rings (SSSR count). The minimum absolute atomic E-state index is 0.206. The van der Waals surface area contributed by atoms with Gasteiger partial charge >= 0.3 is 11.9 Å². The molecule has 0 radical (unpaired) electrons. The van der Waals surface area contributed by atoms with Gasteiger partial charge in [-0.1, -0.05) is 107 Å². The third-order valence-electron chi connectivity index (χ3n) is 8.20. The van der Waals surface area contributed by atoms with Crippen LogP contribution >= 0.6 is 11.8 Å². The van der Waals surface area contributed by atoms with E-state index < -0.39 is 0 Å². The minimum Gasteiger partial charge on any atom is -0.507 e. The first-order chi connectivity index (χ1) is 21.5. The third kappa shape index (κ3) is 13.0. The molecule has 0 amide bonds. The van der Waals surface area contributed by atoms with Gasteiger partial charge in [0.15, 0.2) is 0 Å². The quantitative estimate of drug-likeness (QED) is 0.153. The molecule has 0 saturated heterocycles. The molecule has 0 aliphatic heterocycles. The molecule has 2 N–H and O–H groups in total. The highest BCUT2D eigenvalue weighted by molar-refractivity contribution is 7.99. The molecule has 0 spiro atoms. The Hall–Kier alpha value is -2.67. The van der Waals surface area contributed by atoms with Crippen molar-refractivity contribution in [3.8, 4) is 11.5 Å². The number of carbonyl (C=O) groups excluding carboxylic acids is 2. The van der Waals surface area contributed by atoms with Crippen molar-refractivity contribution < 1.29 is 29.3 Å². The third-order valence-corrected chi connectivity index (χ3v) is 9.35. The van der Waals surface area contributed by atoms with Crippen molar-refractivity contribution in [3.63, 3.8) is 0 Å². The van der Waals surface area contributed by atoms with Crippen molar-refractivity contribution in [1.82, 2.24) is 0 Å². The monoisotopic (exact) mass is 670 g/mol. The fraction of sp³-hybridized carbons (Fsp3) is 0.650. The van der Waals surface area contributed by atoms with Crippen LogP contribution in [0, 0.1) is 0 Å². The molecule has 0 atom stereocenters. The largest absolute Gasteiger partial charge is 0.507 e. The van der Waals surface area contributed by atoms with E-state index in [1.54, 1.807) is 11.8 Å². The average molecular weight is 671 g/mol. The number of esters is 2. The topological polar surface area (TPSA) is 93.1 Å². The molecule has 6 nitrogen and oxygen atoms in total. The summed E-state index contributed by atoms with van der Waals surface area (Å²) < 4.78 is 11.0. The first kappa shape index (κ1) is 40.5. The zero-order valence-corrected chi connectivity index (χ0v) is 32.1. The van der Waals surface area contributed by atoms with Crippen LogP contribution in [0.25, 0.3) is 0 Å². The van der Waals surface area contributed by atoms with E-state index in [0.29, 0.717) is 50.4 Å². The maximum absolute atomic E-state index is 12.4. The second kappa shape index (κ2) is 16.6. The van der Waals surface area contributed by atoms with Crippen molar-refractivity contribution in [1.29, 1.82) is 0 Å². The van der Waals surface area contributed by atoms with Gasteiger partial charge in [-0.05, 0) is 92.2 Å². The summed E-state index contributed by atoms with van der Waals surface area (Å²) in [6, 6.07) is 8.08. The number of benzene rings is 2. The molecule has 264 valence electrons. The van der Waals surface area contributed by atoms with Gasteiger partial charge in [0.2, 0.25) is 0 Å². The Morgan fingerprint density at radius 1 is 0.553 bits per heavy atom. The summed E-state index contributed by atoms with van der Waals surface area (Å²) in [5.41, 5.74) is 4.86. The summed E-state index contributed by atoms with van der Waals surface area (Å²) in [5, 5.41) is 21.8. The summed E-state index contributed by atoms with van der Waals surface area (Å²) in [6.45, 7) is 25.8. The van der Waals surface area contributed by atoms with Crippen molar-refractivity contribution in [2.24, 2.45) is 0 Å². The van der Waals surface area contributed by atoms with Gasteiger partial charge in [0.05, 0.1) is 13.2 Å². The van der Waals surface area contributed by atoms with Gasteiger partial charge in [-0.2, -0.15) is 11.8 Å². The SMILES string of the molecule is CC(C)(C)c1cc(CCC(=O)OCCCSCCCOC(=O)CCc2cc(C(C)(C)C)c(O)c(C(C)(C)C)c2)cc(C(C)(C)C)c1O. The van der Waals surface area contributed by atoms with Gasteiger partial charge in [-0.15, -0.1) is 0 Å². The van der Waals surface area contributed by atoms with Crippen LogP contribution < -0.4 is 0 Å². The molecule has 0 saturated carbocycles. The van der Waals surface area contributed by atoms with Crippen LogP contribution in [0.3, 0.4) is 0 Å². The zero-order chi connectivity index (χ0) is 35.8. The van der Waals surface area contributed by atoms with Crippen LogP contribution in [-0.2, 0) is 53.6 Å². The number of thioether (sulfide) groups is 1. The molecule has 0 aromatic heterocycles. The van der Waals surface area contributed by atoms with Crippen molar-refractivity contribution in [3.05, 3.63) is 57.6 Å². The Morgan fingerprint density at radius 3 is 1.09 bits per heavy atom. The lowest BCUT2D eigenvalue weighted by molar-refractivity contribution is -0.144. The number of aryl methyl sites for hydroxylation is 2. The second-order valence-electron chi connectivity index (χ2n) is 16.8. The summed E-state index contributed by atoms with van der Waals surface area (Å²) in [6.07, 6.45) is 3.31. The second-order valence-corrected chi connectivity index (χ2v) is 18.1. The summed E-state index contributed by atoms with van der Waals surface area (Å²) in [7, 11) is 0. The normalized spacial score (nSPS) is 12.7. The van der Waals surface area contributed by atoms with Gasteiger partial charge in [-0.3, -0.25) is 9.59 Å². The lowest BCUT2D eigenvalue weighted by Gasteiger charge is -2.28. The summed E-state index contributed by atoms with van der Waals surface area (Å²) in [4.78, 5) is 24.9. The van der Waals surface area contributed by atoms with Crippen LogP contribution in [0.15, 0.2) is 24.3 Å². The fourth-order valence-electron chi connectivity index (χ4n) is 5.40. The van der Waals surface area contributed by atoms with Gasteiger partial charge in [0.1, 0.15) is 11.5 Å². The standard InChI is InChI=1S/C40H62O6S/c1-37(2,3)29-23-27(24-30(35(29)43)38(4,5)6)15-17-33(41)45-19-13-21-47-22-14-20-46-34(42)18-16-28-25-31(39(7,8)9)36(44)32(26-28)40(10,11)12/h23-26,43-44H,13-22H2,1-12H3. The lowest BCUT2D eigenvalue weighted by atomic mass is 9.78. The van der Waals surface area contributed by atoms with E-state index in [0.717, 1.165) is 57.7 Å². The number of rotatable bonds is 14. The number of hydrogen-bond donors (Lipinski definition) is 2. The Balaban J connectivity index is 1.68. The Kier molecular flexibility index (Phi) is 14.3. The summed E-state index contributed by atoms with van der Waals surface area (Å²) in [5.74, 6) is 2.03. The lowest BCUT2D eigenvalue weighted by Crippen LogP contribution is -2.18. The van der Waals surface area contributed by atoms with Crippen LogP contribution in [0.5, 0.6) is 11.5 Å². The van der Waals surface area contributed by atoms with E-state index in [-0.39, 0.29) is 33.6 Å². The van der Waals surface area contributed by atoms with Gasteiger partial charge < -0.3 is 19.7 Å². The average Bonchev–Trinajstić information content (AvgIpc) is 2.92. The van der Waals surface area contributed by atoms with Crippen molar-refractivity contribution in [2.45, 2.75) is 143 Å². The molecule has 0 fully saturated rings. The first-order valence-electron chi connectivity index (χ1n) is 17.1. The highest BCUT2D eigenvalue weighted by Gasteiger charge is 2.28. The van der Waals surface area contributed by atoms with E-state index in [1.165, 1.54) is 0 Å². The fourth-order valence-corrected chi connectivity index (χ4v) is 6.25. The molecule has 0 heterocycles. The number of aromatic hydroxyl groups is 2. The van der Waals surface area contributed by atoms with E-state index in [4.69, 9.17) is 9.47 Å². The molecule has 47 heavy (non-hydrogen) atoms. The van der Waals surface area contributed by atoms with Gasteiger partial charge in [-0.25, -0.2) is 0 Å². The molecule has 2 aromatic rings. The summed E-state index contributed by atoms with van der Waals surface area (Å²) >= 11 is 1.77. The van der Waals surface area contributed by atoms with Gasteiger partial charge in [0, 0.05) is 12.8 Å². The molecular formula is C40H62O6S. The van der Waals surface area contributed by atoms with Gasteiger partial charge in [0.25, 0.3) is 0 Å². The molecule has 0 aliphatic carbocycles. The molecule has 0 bridgehead atoms. The number of ether oxygens (including phenoxy) is 2. The number of carbonyl (C=O) groups is 2. The maximum atomic E-state index is 12.4. The maximum Gasteiger partial charge on any atom is 0.306 e. The Bertz CT molecular complexity index is 1180. The first-order valence-corrected chi connectivity index (χ1v) is 18.3. The number of phenols is 2. The van der Waals surface area contributed by atoms with E-state index >= 15 is 0 Å². The molecule has 2 aromatic carbocycles. The number of hydrogen-bond acceptors (Lipinski definition) is 7. The van der Waals surface area contributed by atoms with E-state index in [9.17, 15) is 19.8 Å². The molecular weight excluding hydrogens is 609 g/mol. The van der Waals surface area contributed by atoms with E-state index in [2.05, 4.69) is 83.1 Å².